The van der Waals surface area contributed by atoms with E-state index in [1.165, 1.54) is 0 Å². The van der Waals surface area contributed by atoms with Gasteiger partial charge in [-0.25, -0.2) is 0 Å². The number of halogens is 2. The molecule has 0 radical (unpaired) electrons. The standard InChI is InChI=1S/C16H22ClN3O2.ClH/c17-14-5-1-4-13(12-14)16(22)20-9-3-8-19(10-11-20)15(21)6-2-7-18;/h1,4-5,12H,2-3,6-11,18H2;1H. The van der Waals surface area contributed by atoms with Gasteiger partial charge in [-0.1, -0.05) is 17.7 Å². The van der Waals surface area contributed by atoms with Gasteiger partial charge in [0.1, 0.15) is 0 Å². The van der Waals surface area contributed by atoms with Crippen LogP contribution in [-0.4, -0.2) is 54.3 Å². The van der Waals surface area contributed by atoms with E-state index in [1.807, 2.05) is 4.90 Å². The first-order valence-corrected chi connectivity index (χ1v) is 8.02. The largest absolute Gasteiger partial charge is 0.341 e. The Labute approximate surface area is 148 Å². The van der Waals surface area contributed by atoms with Crippen LogP contribution in [0.25, 0.3) is 0 Å². The summed E-state index contributed by atoms with van der Waals surface area (Å²) in [6.07, 6.45) is 1.99. The molecule has 0 aromatic heterocycles. The monoisotopic (exact) mass is 359 g/mol. The fraction of sp³-hybridized carbons (Fsp3) is 0.500. The zero-order chi connectivity index (χ0) is 15.9. The molecule has 1 aromatic rings. The summed E-state index contributed by atoms with van der Waals surface area (Å²) in [6.45, 7) is 3.02. The first-order valence-electron chi connectivity index (χ1n) is 7.64. The Balaban J connectivity index is 0.00000264. The number of hydrogen-bond acceptors (Lipinski definition) is 3. The maximum absolute atomic E-state index is 12.5. The van der Waals surface area contributed by atoms with Crippen molar-refractivity contribution in [2.24, 2.45) is 5.73 Å². The van der Waals surface area contributed by atoms with Crippen LogP contribution in [0, 0.1) is 0 Å². The predicted molar refractivity (Wildman–Crippen MR) is 94.1 cm³/mol. The third-order valence-corrected chi connectivity index (χ3v) is 4.04. The fourth-order valence-corrected chi connectivity index (χ4v) is 2.78. The summed E-state index contributed by atoms with van der Waals surface area (Å²) >= 11 is 5.94. The number of hydrogen-bond donors (Lipinski definition) is 1. The smallest absolute Gasteiger partial charge is 0.253 e. The summed E-state index contributed by atoms with van der Waals surface area (Å²) < 4.78 is 0. The molecule has 2 amide bonds. The van der Waals surface area contributed by atoms with Gasteiger partial charge in [0.05, 0.1) is 0 Å². The average molecular weight is 360 g/mol. The lowest BCUT2D eigenvalue weighted by Gasteiger charge is -2.22. The fourth-order valence-electron chi connectivity index (χ4n) is 2.59. The van der Waals surface area contributed by atoms with Crippen molar-refractivity contribution in [1.29, 1.82) is 0 Å². The van der Waals surface area contributed by atoms with E-state index in [1.54, 1.807) is 29.2 Å². The lowest BCUT2D eigenvalue weighted by atomic mass is 10.2. The van der Waals surface area contributed by atoms with E-state index in [0.29, 0.717) is 56.2 Å². The summed E-state index contributed by atoms with van der Waals surface area (Å²) in [5.41, 5.74) is 6.03. The Morgan fingerprint density at radius 2 is 1.83 bits per heavy atom. The SMILES string of the molecule is Cl.NCCCC(=O)N1CCCN(C(=O)c2cccc(Cl)c2)CC1. The van der Waals surface area contributed by atoms with E-state index < -0.39 is 0 Å². The van der Waals surface area contributed by atoms with Gasteiger partial charge >= 0.3 is 0 Å². The molecule has 1 fully saturated rings. The molecule has 0 aliphatic carbocycles. The van der Waals surface area contributed by atoms with Gasteiger partial charge in [0, 0.05) is 43.2 Å². The highest BCUT2D eigenvalue weighted by Gasteiger charge is 2.22. The molecule has 128 valence electrons. The molecule has 0 spiro atoms. The average Bonchev–Trinajstić information content (AvgIpc) is 2.78. The van der Waals surface area contributed by atoms with Gasteiger partial charge in [0.2, 0.25) is 5.91 Å². The lowest BCUT2D eigenvalue weighted by molar-refractivity contribution is -0.131. The van der Waals surface area contributed by atoms with Gasteiger partial charge in [-0.05, 0) is 37.6 Å². The zero-order valence-corrected chi connectivity index (χ0v) is 14.6. The number of carbonyl (C=O) groups is 2. The van der Waals surface area contributed by atoms with Crippen LogP contribution in [-0.2, 0) is 4.79 Å². The zero-order valence-electron chi connectivity index (χ0n) is 13.0. The van der Waals surface area contributed by atoms with Gasteiger partial charge in [-0.3, -0.25) is 9.59 Å². The number of nitrogens with two attached hydrogens (primary N) is 1. The van der Waals surface area contributed by atoms with Gasteiger partial charge in [-0.2, -0.15) is 0 Å². The van der Waals surface area contributed by atoms with Crippen LogP contribution in [0.1, 0.15) is 29.6 Å². The van der Waals surface area contributed by atoms with Crippen LogP contribution in [0.4, 0.5) is 0 Å². The molecule has 1 aliphatic rings. The summed E-state index contributed by atoms with van der Waals surface area (Å²) in [7, 11) is 0. The second kappa shape index (κ2) is 9.75. The minimum absolute atomic E-state index is 0. The van der Waals surface area contributed by atoms with Gasteiger partial charge in [0.15, 0.2) is 0 Å². The maximum atomic E-state index is 12.5. The molecule has 1 heterocycles. The van der Waals surface area contributed by atoms with Gasteiger partial charge in [0.25, 0.3) is 5.91 Å². The molecule has 2 rings (SSSR count). The Morgan fingerprint density at radius 3 is 2.52 bits per heavy atom. The third kappa shape index (κ3) is 5.68. The van der Waals surface area contributed by atoms with Crippen molar-refractivity contribution < 1.29 is 9.59 Å². The molecule has 1 saturated heterocycles. The predicted octanol–water partition coefficient (Wildman–Crippen LogP) is 2.18. The van der Waals surface area contributed by atoms with Crippen molar-refractivity contribution in [3.05, 3.63) is 34.9 Å². The van der Waals surface area contributed by atoms with Gasteiger partial charge in [-0.15, -0.1) is 12.4 Å². The number of nitrogens with zero attached hydrogens (tertiary/aromatic N) is 2. The van der Waals surface area contributed by atoms with E-state index in [2.05, 4.69) is 0 Å². The topological polar surface area (TPSA) is 66.6 Å². The molecule has 0 bridgehead atoms. The van der Waals surface area contributed by atoms with E-state index in [-0.39, 0.29) is 24.2 Å². The Kier molecular flexibility index (Phi) is 8.37. The van der Waals surface area contributed by atoms with E-state index in [9.17, 15) is 9.59 Å². The van der Waals surface area contributed by atoms with Crippen molar-refractivity contribution in [3.63, 3.8) is 0 Å². The Morgan fingerprint density at radius 1 is 1.13 bits per heavy atom. The van der Waals surface area contributed by atoms with Crippen molar-refractivity contribution >= 4 is 35.8 Å². The molecule has 7 heteroatoms. The summed E-state index contributed by atoms with van der Waals surface area (Å²) in [4.78, 5) is 28.2. The van der Waals surface area contributed by atoms with E-state index >= 15 is 0 Å². The highest BCUT2D eigenvalue weighted by Crippen LogP contribution is 2.14. The lowest BCUT2D eigenvalue weighted by Crippen LogP contribution is -2.37. The third-order valence-electron chi connectivity index (χ3n) is 3.80. The summed E-state index contributed by atoms with van der Waals surface area (Å²) in [5, 5.41) is 0.555. The van der Waals surface area contributed by atoms with Crippen LogP contribution in [0.3, 0.4) is 0 Å². The number of rotatable bonds is 4. The quantitative estimate of drug-likeness (QED) is 0.895. The Bertz CT molecular complexity index is 540. The van der Waals surface area contributed by atoms with E-state index in [4.69, 9.17) is 17.3 Å². The molecule has 0 saturated carbocycles. The van der Waals surface area contributed by atoms with E-state index in [0.717, 1.165) is 6.42 Å². The highest BCUT2D eigenvalue weighted by molar-refractivity contribution is 6.30. The minimum atomic E-state index is -0.0289. The van der Waals surface area contributed by atoms with Crippen molar-refractivity contribution in [2.75, 3.05) is 32.7 Å². The normalized spacial score (nSPS) is 14.9. The van der Waals surface area contributed by atoms with Crippen molar-refractivity contribution in [1.82, 2.24) is 9.80 Å². The molecule has 0 unspecified atom stereocenters. The first-order chi connectivity index (χ1) is 10.6. The van der Waals surface area contributed by atoms with Crippen molar-refractivity contribution in [3.8, 4) is 0 Å². The van der Waals surface area contributed by atoms with Crippen LogP contribution in [0.15, 0.2) is 24.3 Å². The molecule has 23 heavy (non-hydrogen) atoms. The van der Waals surface area contributed by atoms with Crippen molar-refractivity contribution in [2.45, 2.75) is 19.3 Å². The van der Waals surface area contributed by atoms with Crippen LogP contribution < -0.4 is 5.73 Å². The molecule has 0 atom stereocenters. The molecule has 5 nitrogen and oxygen atoms in total. The molecule has 1 aliphatic heterocycles. The molecular weight excluding hydrogens is 337 g/mol. The Hall–Kier alpha value is -1.30. The van der Waals surface area contributed by atoms with Gasteiger partial charge < -0.3 is 15.5 Å². The van der Waals surface area contributed by atoms with Crippen LogP contribution in [0.5, 0.6) is 0 Å². The number of amides is 2. The highest BCUT2D eigenvalue weighted by atomic mass is 35.5. The molecular formula is C16H23Cl2N3O2. The summed E-state index contributed by atoms with van der Waals surface area (Å²) in [6, 6.07) is 6.97. The summed E-state index contributed by atoms with van der Waals surface area (Å²) in [5.74, 6) is 0.0984. The number of carbonyl (C=O) groups excluding carboxylic acids is 2. The first kappa shape index (κ1) is 19.7. The molecule has 1 aromatic carbocycles. The van der Waals surface area contributed by atoms with Crippen LogP contribution in [0.2, 0.25) is 5.02 Å². The molecule has 2 N–H and O–H groups in total. The minimum Gasteiger partial charge on any atom is -0.341 e. The van der Waals surface area contributed by atoms with Crippen LogP contribution >= 0.6 is 24.0 Å². The maximum Gasteiger partial charge on any atom is 0.253 e. The second-order valence-electron chi connectivity index (χ2n) is 5.43. The number of benzene rings is 1. The second-order valence-corrected chi connectivity index (χ2v) is 5.87.